The van der Waals surface area contributed by atoms with Crippen molar-refractivity contribution in [3.63, 3.8) is 0 Å². The molecule has 2 rings (SSSR count). The molecule has 2 aromatic carbocycles. The Morgan fingerprint density at radius 1 is 1.00 bits per heavy atom. The van der Waals surface area contributed by atoms with Crippen LogP contribution in [0.4, 0.5) is 11.4 Å². The lowest BCUT2D eigenvalue weighted by Gasteiger charge is -2.17. The molecule has 0 bridgehead atoms. The number of carbonyl (C=O) groups excluding carboxylic acids is 1. The highest BCUT2D eigenvalue weighted by Gasteiger charge is 2.09. The highest BCUT2D eigenvalue weighted by Crippen LogP contribution is 2.15. The lowest BCUT2D eigenvalue weighted by Crippen LogP contribution is -2.27. The van der Waals surface area contributed by atoms with E-state index in [1.165, 1.54) is 12.1 Å². The number of carbonyl (C=O) groups is 1. The van der Waals surface area contributed by atoms with Gasteiger partial charge in [0.2, 0.25) is 10.0 Å². The van der Waals surface area contributed by atoms with Gasteiger partial charge in [0.25, 0.3) is 0 Å². The number of hydrogen-bond acceptors (Lipinski definition) is 6. The van der Waals surface area contributed by atoms with E-state index in [9.17, 15) is 13.2 Å². The molecule has 0 aliphatic rings. The molecule has 0 aromatic heterocycles. The lowest BCUT2D eigenvalue weighted by atomic mass is 10.2. The van der Waals surface area contributed by atoms with Gasteiger partial charge in [-0.3, -0.25) is 0 Å². The molecule has 0 atom stereocenters. The van der Waals surface area contributed by atoms with Gasteiger partial charge in [-0.25, -0.2) is 18.4 Å². The van der Waals surface area contributed by atoms with Crippen LogP contribution >= 0.6 is 12.2 Å². The summed E-state index contributed by atoms with van der Waals surface area (Å²) in [4.78, 5) is 14.3. The molecule has 0 amide bonds. The highest BCUT2D eigenvalue weighted by molar-refractivity contribution is 7.89. The zero-order chi connectivity index (χ0) is 22.1. The van der Waals surface area contributed by atoms with Gasteiger partial charge in [-0.1, -0.05) is 13.8 Å². The molecule has 10 heteroatoms. The van der Waals surface area contributed by atoms with Gasteiger partial charge in [0.05, 0.1) is 10.5 Å². The summed E-state index contributed by atoms with van der Waals surface area (Å²) < 4.78 is 27.9. The number of likely N-dealkylation sites (N-methyl/N-ethyl adjacent to an activating group) is 1. The molecule has 0 saturated heterocycles. The maximum Gasteiger partial charge on any atom is 0.338 e. The SMILES string of the molecule is CCN(CC)CCOC(=O)c1ccc(NC(=S)Nc2ccc(S(N)(=O)=O)cc2)cc1. The normalized spacial score (nSPS) is 11.2. The van der Waals surface area contributed by atoms with Crippen LogP contribution in [-0.2, 0) is 14.8 Å². The number of nitrogens with zero attached hydrogens (tertiary/aromatic N) is 1. The van der Waals surface area contributed by atoms with Crippen molar-refractivity contribution in [2.24, 2.45) is 5.14 Å². The van der Waals surface area contributed by atoms with Gasteiger partial charge >= 0.3 is 5.97 Å². The topological polar surface area (TPSA) is 114 Å². The summed E-state index contributed by atoms with van der Waals surface area (Å²) in [6, 6.07) is 12.7. The predicted molar refractivity (Wildman–Crippen MR) is 122 cm³/mol. The Bertz CT molecular complexity index is 957. The number of benzene rings is 2. The second-order valence-corrected chi connectivity index (χ2v) is 8.36. The maximum absolute atomic E-state index is 12.1. The molecule has 4 N–H and O–H groups in total. The Kier molecular flexibility index (Phi) is 8.72. The summed E-state index contributed by atoms with van der Waals surface area (Å²) in [5.41, 5.74) is 1.75. The van der Waals surface area contributed by atoms with Crippen molar-refractivity contribution in [3.8, 4) is 0 Å². The van der Waals surface area contributed by atoms with E-state index in [1.54, 1.807) is 36.4 Å². The van der Waals surface area contributed by atoms with E-state index < -0.39 is 10.0 Å². The summed E-state index contributed by atoms with van der Waals surface area (Å²) in [7, 11) is -3.74. The van der Waals surface area contributed by atoms with Gasteiger partial charge in [0.15, 0.2) is 5.11 Å². The van der Waals surface area contributed by atoms with Gasteiger partial charge in [0, 0.05) is 17.9 Å². The second kappa shape index (κ2) is 11.0. The minimum absolute atomic E-state index is 0.0199. The largest absolute Gasteiger partial charge is 0.461 e. The zero-order valence-corrected chi connectivity index (χ0v) is 18.6. The van der Waals surface area contributed by atoms with Crippen molar-refractivity contribution in [1.82, 2.24) is 4.90 Å². The standard InChI is InChI=1S/C20H26N4O4S2/c1-3-24(4-2)13-14-28-19(25)15-5-7-16(8-6-15)22-20(29)23-17-9-11-18(12-10-17)30(21,26)27/h5-12H,3-4,13-14H2,1-2H3,(H2,21,26,27)(H2,22,23,29). The fourth-order valence-corrected chi connectivity index (χ4v) is 3.35. The molecule has 2 aromatic rings. The number of nitrogens with one attached hydrogen (secondary N) is 2. The first-order valence-electron chi connectivity index (χ1n) is 9.43. The number of nitrogens with two attached hydrogens (primary N) is 1. The third kappa shape index (κ3) is 7.38. The van der Waals surface area contributed by atoms with Crippen molar-refractivity contribution >= 4 is 44.7 Å². The number of rotatable bonds is 9. The van der Waals surface area contributed by atoms with Crippen molar-refractivity contribution in [1.29, 1.82) is 0 Å². The van der Waals surface area contributed by atoms with E-state index in [2.05, 4.69) is 29.4 Å². The number of ether oxygens (including phenoxy) is 1. The van der Waals surface area contributed by atoms with Crippen LogP contribution in [0.1, 0.15) is 24.2 Å². The molecule has 0 aliphatic heterocycles. The van der Waals surface area contributed by atoms with Crippen LogP contribution in [0.3, 0.4) is 0 Å². The van der Waals surface area contributed by atoms with Gasteiger partial charge < -0.3 is 20.3 Å². The van der Waals surface area contributed by atoms with Crippen LogP contribution in [0.25, 0.3) is 0 Å². The Hall–Kier alpha value is -2.53. The average Bonchev–Trinajstić information content (AvgIpc) is 2.71. The molecule has 0 spiro atoms. The lowest BCUT2D eigenvalue weighted by molar-refractivity contribution is 0.0466. The fourth-order valence-electron chi connectivity index (χ4n) is 2.60. The number of primary sulfonamides is 1. The third-order valence-electron chi connectivity index (χ3n) is 4.35. The van der Waals surface area contributed by atoms with Crippen LogP contribution < -0.4 is 15.8 Å². The van der Waals surface area contributed by atoms with Crippen molar-refractivity contribution in [2.45, 2.75) is 18.7 Å². The molecule has 0 fully saturated rings. The van der Waals surface area contributed by atoms with Crippen LogP contribution in [0.2, 0.25) is 0 Å². The van der Waals surface area contributed by atoms with Crippen LogP contribution in [-0.4, -0.2) is 50.6 Å². The molecule has 0 saturated carbocycles. The first-order valence-corrected chi connectivity index (χ1v) is 11.4. The van der Waals surface area contributed by atoms with Crippen molar-refractivity contribution in [3.05, 3.63) is 54.1 Å². The summed E-state index contributed by atoms with van der Waals surface area (Å²) in [5, 5.41) is 11.3. The minimum Gasteiger partial charge on any atom is -0.461 e. The van der Waals surface area contributed by atoms with E-state index in [1.807, 2.05) is 0 Å². The van der Waals surface area contributed by atoms with Gasteiger partial charge in [-0.2, -0.15) is 0 Å². The maximum atomic E-state index is 12.1. The molecule has 0 heterocycles. The summed E-state index contributed by atoms with van der Waals surface area (Å²) in [5.74, 6) is -0.371. The average molecular weight is 451 g/mol. The zero-order valence-electron chi connectivity index (χ0n) is 16.9. The van der Waals surface area contributed by atoms with Gasteiger partial charge in [0.1, 0.15) is 6.61 Å². The van der Waals surface area contributed by atoms with Gasteiger partial charge in [-0.15, -0.1) is 0 Å². The molecular formula is C20H26N4O4S2. The number of anilines is 2. The van der Waals surface area contributed by atoms with E-state index in [-0.39, 0.29) is 10.9 Å². The predicted octanol–water partition coefficient (Wildman–Crippen LogP) is 2.64. The fraction of sp³-hybridized carbons (Fsp3) is 0.300. The highest BCUT2D eigenvalue weighted by atomic mass is 32.2. The smallest absolute Gasteiger partial charge is 0.338 e. The van der Waals surface area contributed by atoms with E-state index in [0.29, 0.717) is 35.2 Å². The molecule has 0 aliphatic carbocycles. The Morgan fingerprint density at radius 2 is 1.50 bits per heavy atom. The molecule has 0 radical (unpaired) electrons. The van der Waals surface area contributed by atoms with E-state index in [0.717, 1.165) is 13.1 Å². The van der Waals surface area contributed by atoms with Crippen LogP contribution in [0.15, 0.2) is 53.4 Å². The van der Waals surface area contributed by atoms with Crippen molar-refractivity contribution in [2.75, 3.05) is 36.9 Å². The van der Waals surface area contributed by atoms with E-state index in [4.69, 9.17) is 22.1 Å². The first-order chi connectivity index (χ1) is 14.2. The Morgan fingerprint density at radius 3 is 1.97 bits per heavy atom. The monoisotopic (exact) mass is 450 g/mol. The second-order valence-electron chi connectivity index (χ2n) is 6.39. The van der Waals surface area contributed by atoms with Crippen LogP contribution in [0.5, 0.6) is 0 Å². The number of thiocarbonyl (C=S) groups is 1. The molecule has 162 valence electrons. The quantitative estimate of drug-likeness (QED) is 0.395. The molecule has 0 unspecified atom stereocenters. The summed E-state index contributed by atoms with van der Waals surface area (Å²) in [6.45, 7) is 7.01. The number of hydrogen-bond donors (Lipinski definition) is 3. The summed E-state index contributed by atoms with van der Waals surface area (Å²) in [6.07, 6.45) is 0. The van der Waals surface area contributed by atoms with E-state index >= 15 is 0 Å². The summed E-state index contributed by atoms with van der Waals surface area (Å²) >= 11 is 5.25. The first kappa shape index (κ1) is 23.7. The molecule has 30 heavy (non-hydrogen) atoms. The molecule has 8 nitrogen and oxygen atoms in total. The van der Waals surface area contributed by atoms with Crippen LogP contribution in [0, 0.1) is 0 Å². The third-order valence-corrected chi connectivity index (χ3v) is 5.49. The number of sulfonamides is 1. The minimum atomic E-state index is -3.74. The number of esters is 1. The Balaban J connectivity index is 1.86. The van der Waals surface area contributed by atoms with Crippen molar-refractivity contribution < 1.29 is 17.9 Å². The van der Waals surface area contributed by atoms with Gasteiger partial charge in [-0.05, 0) is 73.8 Å². The molecular weight excluding hydrogens is 424 g/mol. The Labute approximate surface area is 182 Å².